The van der Waals surface area contributed by atoms with Gasteiger partial charge in [0.1, 0.15) is 0 Å². The molecular formula is CH4AuN2+. The maximum Gasteiger partial charge on any atom is 1.00 e. The standard InChI is InChI=1S/CN.Au.H3N/c1-2;;/h;;1H3/q-1;+1;/p+1. The van der Waals surface area contributed by atoms with E-state index in [0.29, 0.717) is 0 Å². The number of nitrogens with zero attached hydrogens (tertiary/aromatic N) is 1. The van der Waals surface area contributed by atoms with Crippen LogP contribution >= 0.6 is 0 Å². The summed E-state index contributed by atoms with van der Waals surface area (Å²) in [6.07, 6.45) is 0. The predicted molar refractivity (Wildman–Crippen MR) is 11.0 cm³/mol. The van der Waals surface area contributed by atoms with Gasteiger partial charge in [-0.1, -0.05) is 0 Å². The molecule has 4 N–H and O–H groups in total. The Morgan fingerprint density at radius 2 is 1.25 bits per heavy atom. The molecule has 3 heteroatoms. The molecule has 0 bridgehead atoms. The first kappa shape index (κ1) is 30.1. The van der Waals surface area contributed by atoms with Gasteiger partial charge in [-0.25, -0.2) is 0 Å². The van der Waals surface area contributed by atoms with Crippen molar-refractivity contribution in [3.63, 3.8) is 0 Å². The molecule has 0 saturated heterocycles. The van der Waals surface area contributed by atoms with Crippen LogP contribution in [0.1, 0.15) is 0 Å². The fourth-order valence-electron chi connectivity index (χ4n) is 0. The van der Waals surface area contributed by atoms with Crippen LogP contribution in [0.3, 0.4) is 0 Å². The van der Waals surface area contributed by atoms with Crippen molar-refractivity contribution < 1.29 is 22.4 Å². The fraction of sp³-hybridized carbons (Fsp3) is 0. The second-order valence-electron chi connectivity index (χ2n) is 0. The summed E-state index contributed by atoms with van der Waals surface area (Å²) in [6.45, 7) is 4.75. The first-order valence-electron chi connectivity index (χ1n) is 0.224. The fourth-order valence-corrected chi connectivity index (χ4v) is 0. The van der Waals surface area contributed by atoms with Crippen LogP contribution < -0.4 is 6.15 Å². The Labute approximate surface area is 40.9 Å². The third-order valence-electron chi connectivity index (χ3n) is 0. The van der Waals surface area contributed by atoms with Gasteiger partial charge >= 0.3 is 22.4 Å². The Bertz CT molecular complexity index is 10.8. The predicted octanol–water partition coefficient (Wildman–Crippen LogP) is 0.470. The molecule has 0 saturated carbocycles. The third kappa shape index (κ3) is 85.7. The zero-order valence-electron chi connectivity index (χ0n) is 2.25. The van der Waals surface area contributed by atoms with E-state index in [-0.39, 0.29) is 28.5 Å². The van der Waals surface area contributed by atoms with Crippen molar-refractivity contribution in [1.29, 1.82) is 5.26 Å². The average Bonchev–Trinajstić information content (AvgIpc) is 1.00. The van der Waals surface area contributed by atoms with E-state index in [1.807, 2.05) is 0 Å². The van der Waals surface area contributed by atoms with Crippen molar-refractivity contribution in [3.05, 3.63) is 6.57 Å². The van der Waals surface area contributed by atoms with E-state index in [4.69, 9.17) is 11.8 Å². The van der Waals surface area contributed by atoms with Crippen LogP contribution in [0.5, 0.6) is 0 Å². The number of rotatable bonds is 0. The molecule has 28 valence electrons. The topological polar surface area (TPSA) is 60.3 Å². The molecule has 0 amide bonds. The molecule has 0 aromatic carbocycles. The van der Waals surface area contributed by atoms with Gasteiger partial charge in [0.15, 0.2) is 0 Å². The van der Waals surface area contributed by atoms with Crippen molar-refractivity contribution in [2.24, 2.45) is 0 Å². The minimum atomic E-state index is 0. The normalized spacial score (nSPS) is 0.500. The molecule has 0 aliphatic heterocycles. The second kappa shape index (κ2) is 423. The summed E-state index contributed by atoms with van der Waals surface area (Å²) in [5, 5.41) is 6.25. The molecule has 0 fully saturated rings. The molecule has 2 nitrogen and oxygen atoms in total. The van der Waals surface area contributed by atoms with Gasteiger partial charge < -0.3 is 18.0 Å². The molecule has 0 aromatic heterocycles. The minimum absolute atomic E-state index is 0. The quantitative estimate of drug-likeness (QED) is 0.486. The van der Waals surface area contributed by atoms with Gasteiger partial charge in [0.2, 0.25) is 0 Å². The largest absolute Gasteiger partial charge is 1.00 e. The van der Waals surface area contributed by atoms with Crippen molar-refractivity contribution >= 4 is 0 Å². The van der Waals surface area contributed by atoms with Crippen molar-refractivity contribution in [2.45, 2.75) is 0 Å². The molecular weight excluding hydrogens is 237 g/mol. The molecule has 0 rings (SSSR count). The molecule has 4 heavy (non-hydrogen) atoms. The van der Waals surface area contributed by atoms with Crippen LogP contribution in [-0.4, -0.2) is 0 Å². The molecule has 0 unspecified atom stereocenters. The van der Waals surface area contributed by atoms with E-state index < -0.39 is 0 Å². The van der Waals surface area contributed by atoms with Gasteiger partial charge in [0.25, 0.3) is 0 Å². The maximum absolute atomic E-state index is 6.25. The molecule has 0 atom stereocenters. The van der Waals surface area contributed by atoms with E-state index in [1.165, 1.54) is 0 Å². The van der Waals surface area contributed by atoms with E-state index in [0.717, 1.165) is 0 Å². The van der Waals surface area contributed by atoms with Gasteiger partial charge in [0.05, 0.1) is 0 Å². The smallest absolute Gasteiger partial charge is 0.512 e. The van der Waals surface area contributed by atoms with Gasteiger partial charge in [-0.15, -0.1) is 0 Å². The number of hydrogen-bond acceptors (Lipinski definition) is 1. The molecule has 0 aliphatic rings. The van der Waals surface area contributed by atoms with Crippen LogP contribution in [-0.2, 0) is 22.4 Å². The summed E-state index contributed by atoms with van der Waals surface area (Å²) >= 11 is 0. The number of hydrogen-bond donors (Lipinski definition) is 1. The molecule has 0 heterocycles. The summed E-state index contributed by atoms with van der Waals surface area (Å²) in [7, 11) is 0. The Balaban J connectivity index is -0.00000000500. The second-order valence-corrected chi connectivity index (χ2v) is 0. The summed E-state index contributed by atoms with van der Waals surface area (Å²) in [6, 6.07) is 0. The summed E-state index contributed by atoms with van der Waals surface area (Å²) in [5.74, 6) is 0. The first-order valence-corrected chi connectivity index (χ1v) is 0.224. The van der Waals surface area contributed by atoms with Crippen LogP contribution in [0.25, 0.3) is 0 Å². The van der Waals surface area contributed by atoms with E-state index >= 15 is 0 Å². The van der Waals surface area contributed by atoms with Crippen molar-refractivity contribution in [3.8, 4) is 0 Å². The van der Waals surface area contributed by atoms with Crippen LogP contribution in [0.2, 0.25) is 0 Å². The van der Waals surface area contributed by atoms with Gasteiger partial charge in [-0.2, -0.15) is 0 Å². The molecule has 0 aromatic rings. The van der Waals surface area contributed by atoms with Crippen molar-refractivity contribution in [1.82, 2.24) is 6.15 Å². The summed E-state index contributed by atoms with van der Waals surface area (Å²) in [5.41, 5.74) is 0. The molecule has 0 radical (unpaired) electrons. The monoisotopic (exact) mass is 241 g/mol. The Morgan fingerprint density at radius 3 is 1.25 bits per heavy atom. The summed E-state index contributed by atoms with van der Waals surface area (Å²) in [4.78, 5) is 0. The van der Waals surface area contributed by atoms with E-state index in [1.54, 1.807) is 0 Å². The van der Waals surface area contributed by atoms with Gasteiger partial charge in [-0.05, 0) is 0 Å². The van der Waals surface area contributed by atoms with Crippen molar-refractivity contribution in [2.75, 3.05) is 0 Å². The van der Waals surface area contributed by atoms with Crippen LogP contribution in [0.4, 0.5) is 0 Å². The Kier molecular flexibility index (Phi) is 3180. The molecule has 0 aliphatic carbocycles. The Morgan fingerprint density at radius 1 is 1.25 bits per heavy atom. The first-order chi connectivity index (χ1) is 1.00. The SMILES string of the molecule is [Au+].[C-]#N.[NH4+]. The third-order valence-corrected chi connectivity index (χ3v) is 0. The minimum Gasteiger partial charge on any atom is -0.512 e. The van der Waals surface area contributed by atoms with Crippen LogP contribution in [0.15, 0.2) is 0 Å². The summed E-state index contributed by atoms with van der Waals surface area (Å²) < 4.78 is 0. The molecule has 0 spiro atoms. The zero-order valence-corrected chi connectivity index (χ0v) is 4.42. The zero-order chi connectivity index (χ0) is 2.00. The van der Waals surface area contributed by atoms with Crippen LogP contribution in [0, 0.1) is 11.8 Å². The average molecular weight is 241 g/mol. The van der Waals surface area contributed by atoms with Gasteiger partial charge in [0, 0.05) is 0 Å². The maximum atomic E-state index is 6.25. The van der Waals surface area contributed by atoms with Gasteiger partial charge in [-0.3, -0.25) is 0 Å². The van der Waals surface area contributed by atoms with E-state index in [9.17, 15) is 0 Å². The van der Waals surface area contributed by atoms with E-state index in [2.05, 4.69) is 0 Å². The number of quaternary nitrogens is 1. The Hall–Kier alpha value is 0.190.